The van der Waals surface area contributed by atoms with Gasteiger partial charge in [-0.05, 0) is 50.1 Å². The van der Waals surface area contributed by atoms with Crippen molar-refractivity contribution < 1.29 is 23.0 Å². The van der Waals surface area contributed by atoms with E-state index >= 15 is 0 Å². The van der Waals surface area contributed by atoms with E-state index in [9.17, 15) is 13.6 Å². The number of likely N-dealkylation sites (tertiary alicyclic amines) is 1. The summed E-state index contributed by atoms with van der Waals surface area (Å²) in [5.74, 6) is -0.601. The number of halogens is 2. The molecule has 1 amide bonds. The van der Waals surface area contributed by atoms with Crippen LogP contribution in [0.3, 0.4) is 0 Å². The molecule has 7 nitrogen and oxygen atoms in total. The zero-order chi connectivity index (χ0) is 21.8. The second kappa shape index (κ2) is 9.11. The van der Waals surface area contributed by atoms with E-state index in [0.717, 1.165) is 30.4 Å². The summed E-state index contributed by atoms with van der Waals surface area (Å²) in [5, 5.41) is 4.04. The molecule has 0 spiro atoms. The normalized spacial score (nSPS) is 14.5. The minimum Gasteiger partial charge on any atom is -0.454 e. The lowest BCUT2D eigenvalue weighted by atomic mass is 10.1. The minimum absolute atomic E-state index is 0.0610. The Morgan fingerprint density at radius 2 is 2.00 bits per heavy atom. The highest BCUT2D eigenvalue weighted by Gasteiger charge is 2.24. The number of piperidine rings is 1. The molecule has 2 heterocycles. The van der Waals surface area contributed by atoms with Crippen LogP contribution in [0.1, 0.15) is 19.8 Å². The van der Waals surface area contributed by atoms with E-state index in [1.165, 1.54) is 6.07 Å². The molecule has 9 heteroatoms. The fourth-order valence-corrected chi connectivity index (χ4v) is 3.43. The highest BCUT2D eigenvalue weighted by Crippen LogP contribution is 2.27. The van der Waals surface area contributed by atoms with Gasteiger partial charge in [0.25, 0.3) is 0 Å². The van der Waals surface area contributed by atoms with Crippen molar-refractivity contribution in [2.75, 3.05) is 25.0 Å². The lowest BCUT2D eigenvalue weighted by Gasteiger charge is -2.31. The van der Waals surface area contributed by atoms with Crippen molar-refractivity contribution in [2.45, 2.75) is 25.8 Å². The molecule has 0 radical (unpaired) electrons. The minimum atomic E-state index is -0.773. The third-order valence-corrected chi connectivity index (χ3v) is 5.03. The predicted octanol–water partition coefficient (Wildman–Crippen LogP) is 4.73. The molecule has 162 valence electrons. The molecule has 2 aromatic carbocycles. The van der Waals surface area contributed by atoms with Crippen LogP contribution < -0.4 is 10.1 Å². The maximum atomic E-state index is 13.8. The van der Waals surface area contributed by atoms with Crippen LogP contribution in [0.25, 0.3) is 10.9 Å². The Balaban J connectivity index is 1.40. The number of nitrogens with zero attached hydrogens (tertiary/aromatic N) is 3. The molecule has 1 aliphatic rings. The van der Waals surface area contributed by atoms with Gasteiger partial charge in [-0.1, -0.05) is 0 Å². The standard InChI is InChI=1S/C22H22F2N4O3/c1-2-30-22(29)28-9-7-16(8-10-28)26-21-25-13-14-11-17(4-5-19(14)27-21)31-20-6-3-15(23)12-18(20)24/h3-6,11-13,16H,2,7-10H2,1H3,(H,25,26,27). The summed E-state index contributed by atoms with van der Waals surface area (Å²) in [7, 11) is 0. The van der Waals surface area contributed by atoms with Crippen LogP contribution in [-0.2, 0) is 4.74 Å². The Bertz CT molecular complexity index is 1090. The monoisotopic (exact) mass is 428 g/mol. The molecule has 0 atom stereocenters. The van der Waals surface area contributed by atoms with E-state index in [1.54, 1.807) is 36.2 Å². The smallest absolute Gasteiger partial charge is 0.409 e. The van der Waals surface area contributed by atoms with Crippen molar-refractivity contribution >= 4 is 22.9 Å². The van der Waals surface area contributed by atoms with E-state index in [1.807, 2.05) is 0 Å². The van der Waals surface area contributed by atoms with Gasteiger partial charge in [0.2, 0.25) is 5.95 Å². The summed E-state index contributed by atoms with van der Waals surface area (Å²) in [6, 6.07) is 8.42. The largest absolute Gasteiger partial charge is 0.454 e. The van der Waals surface area contributed by atoms with Gasteiger partial charge in [-0.2, -0.15) is 0 Å². The Labute approximate surface area is 178 Å². The van der Waals surface area contributed by atoms with E-state index < -0.39 is 11.6 Å². The number of nitrogens with one attached hydrogen (secondary N) is 1. The third-order valence-electron chi connectivity index (χ3n) is 5.03. The van der Waals surface area contributed by atoms with E-state index in [0.29, 0.717) is 36.9 Å². The maximum Gasteiger partial charge on any atom is 0.409 e. The molecule has 1 aromatic heterocycles. The van der Waals surface area contributed by atoms with Gasteiger partial charge in [0.05, 0.1) is 12.1 Å². The summed E-state index contributed by atoms with van der Waals surface area (Å²) in [4.78, 5) is 22.4. The first-order valence-corrected chi connectivity index (χ1v) is 10.1. The molecule has 1 N–H and O–H groups in total. The van der Waals surface area contributed by atoms with Gasteiger partial charge < -0.3 is 19.7 Å². The molecule has 4 rings (SSSR count). The van der Waals surface area contributed by atoms with Crippen molar-refractivity contribution in [3.8, 4) is 11.5 Å². The lowest BCUT2D eigenvalue weighted by molar-refractivity contribution is 0.0983. The van der Waals surface area contributed by atoms with Gasteiger partial charge >= 0.3 is 6.09 Å². The van der Waals surface area contributed by atoms with Crippen molar-refractivity contribution in [3.63, 3.8) is 0 Å². The summed E-state index contributed by atoms with van der Waals surface area (Å²) >= 11 is 0. The third kappa shape index (κ3) is 4.99. The number of hydrogen-bond donors (Lipinski definition) is 1. The maximum absolute atomic E-state index is 13.8. The summed E-state index contributed by atoms with van der Waals surface area (Å²) < 4.78 is 37.4. The molecule has 31 heavy (non-hydrogen) atoms. The quantitative estimate of drug-likeness (QED) is 0.633. The van der Waals surface area contributed by atoms with E-state index in [-0.39, 0.29) is 17.9 Å². The molecule has 3 aromatic rings. The number of carbonyl (C=O) groups excluding carboxylic acids is 1. The highest BCUT2D eigenvalue weighted by molar-refractivity contribution is 5.80. The Hall–Kier alpha value is -3.49. The number of amides is 1. The van der Waals surface area contributed by atoms with E-state index in [4.69, 9.17) is 9.47 Å². The van der Waals surface area contributed by atoms with Gasteiger partial charge in [0.15, 0.2) is 11.6 Å². The predicted molar refractivity (Wildman–Crippen MR) is 111 cm³/mol. The first-order chi connectivity index (χ1) is 15.0. The average molecular weight is 428 g/mol. The van der Waals surface area contributed by atoms with Crippen LogP contribution in [0.4, 0.5) is 19.5 Å². The SMILES string of the molecule is CCOC(=O)N1CCC(Nc2ncc3cc(Oc4ccc(F)cc4F)ccc3n2)CC1. The van der Waals surface area contributed by atoms with Gasteiger partial charge in [0, 0.05) is 36.8 Å². The molecule has 0 saturated carbocycles. The van der Waals surface area contributed by atoms with Crippen LogP contribution in [0.5, 0.6) is 11.5 Å². The van der Waals surface area contributed by atoms with Crippen LogP contribution in [0.15, 0.2) is 42.6 Å². The number of fused-ring (bicyclic) bond motifs is 1. The van der Waals surface area contributed by atoms with Gasteiger partial charge in [0.1, 0.15) is 11.6 Å². The summed E-state index contributed by atoms with van der Waals surface area (Å²) in [5.41, 5.74) is 0.702. The van der Waals surface area contributed by atoms with Crippen molar-refractivity contribution in [1.29, 1.82) is 0 Å². The lowest BCUT2D eigenvalue weighted by Crippen LogP contribution is -2.42. The second-order valence-electron chi connectivity index (χ2n) is 7.20. The van der Waals surface area contributed by atoms with Crippen molar-refractivity contribution in [3.05, 3.63) is 54.2 Å². The Morgan fingerprint density at radius 1 is 1.19 bits per heavy atom. The fraction of sp³-hybridized carbons (Fsp3) is 0.318. The first kappa shape index (κ1) is 20.8. The van der Waals surface area contributed by atoms with Crippen LogP contribution in [0, 0.1) is 11.6 Å². The molecular weight excluding hydrogens is 406 g/mol. The molecule has 0 unspecified atom stereocenters. The second-order valence-corrected chi connectivity index (χ2v) is 7.20. The average Bonchev–Trinajstić information content (AvgIpc) is 2.76. The molecule has 1 saturated heterocycles. The van der Waals surface area contributed by atoms with Crippen molar-refractivity contribution in [2.24, 2.45) is 0 Å². The summed E-state index contributed by atoms with van der Waals surface area (Å²) in [6.45, 7) is 3.39. The van der Waals surface area contributed by atoms with Crippen LogP contribution in [-0.4, -0.2) is 46.7 Å². The first-order valence-electron chi connectivity index (χ1n) is 10.1. The zero-order valence-corrected chi connectivity index (χ0v) is 17.0. The van der Waals surface area contributed by atoms with Crippen molar-refractivity contribution in [1.82, 2.24) is 14.9 Å². The fourth-order valence-electron chi connectivity index (χ4n) is 3.43. The number of hydrogen-bond acceptors (Lipinski definition) is 6. The molecular formula is C22H22F2N4O3. The zero-order valence-electron chi connectivity index (χ0n) is 17.0. The van der Waals surface area contributed by atoms with E-state index in [2.05, 4.69) is 15.3 Å². The molecule has 0 aliphatic carbocycles. The van der Waals surface area contributed by atoms with Gasteiger partial charge in [-0.15, -0.1) is 0 Å². The van der Waals surface area contributed by atoms with Gasteiger partial charge in [-0.25, -0.2) is 23.5 Å². The van der Waals surface area contributed by atoms with Gasteiger partial charge in [-0.3, -0.25) is 0 Å². The molecule has 1 aliphatic heterocycles. The Morgan fingerprint density at radius 3 is 2.74 bits per heavy atom. The van der Waals surface area contributed by atoms with Crippen LogP contribution >= 0.6 is 0 Å². The molecule has 1 fully saturated rings. The topological polar surface area (TPSA) is 76.6 Å². The number of aromatic nitrogens is 2. The molecule has 0 bridgehead atoms. The number of benzene rings is 2. The summed E-state index contributed by atoms with van der Waals surface area (Å²) in [6.07, 6.45) is 2.93. The Kier molecular flexibility index (Phi) is 6.11. The number of rotatable bonds is 5. The van der Waals surface area contributed by atoms with Crippen LogP contribution in [0.2, 0.25) is 0 Å². The highest BCUT2D eigenvalue weighted by atomic mass is 19.1. The number of anilines is 1. The number of carbonyl (C=O) groups is 1. The number of ether oxygens (including phenoxy) is 2.